The molecule has 1 fully saturated rings. The summed E-state index contributed by atoms with van der Waals surface area (Å²) in [5.74, 6) is -1.42. The van der Waals surface area contributed by atoms with Crippen LogP contribution in [0.15, 0.2) is 29.2 Å². The summed E-state index contributed by atoms with van der Waals surface area (Å²) in [5, 5.41) is 4.25. The molecule has 1 aromatic heterocycles. The number of halogens is 1. The number of ether oxygens (including phenoxy) is 1. The second kappa shape index (κ2) is 9.15. The fourth-order valence-corrected chi connectivity index (χ4v) is 4.86. The molecule has 0 radical (unpaired) electrons. The third-order valence-electron chi connectivity index (χ3n) is 5.38. The number of nitrogens with zero attached hydrogens (tertiary/aromatic N) is 4. The fourth-order valence-electron chi connectivity index (χ4n) is 3.44. The lowest BCUT2D eigenvalue weighted by Crippen LogP contribution is -2.51. The molecule has 0 saturated carbocycles. The quantitative estimate of drug-likeness (QED) is 0.601. The Hall–Kier alpha value is -2.79. The largest absolute Gasteiger partial charge is 0.455 e. The Balaban J connectivity index is 1.50. The highest BCUT2D eigenvalue weighted by atomic mass is 32.2. The first-order valence-corrected chi connectivity index (χ1v) is 11.2. The number of rotatable bonds is 6. The molecule has 2 heterocycles. The molecule has 0 N–H and O–H groups in total. The van der Waals surface area contributed by atoms with Gasteiger partial charge < -0.3 is 9.64 Å². The minimum atomic E-state index is -3.76. The number of aromatic nitrogens is 2. The third-order valence-corrected chi connectivity index (χ3v) is 7.29. The number of amides is 1. The lowest BCUT2D eigenvalue weighted by molar-refractivity contribution is -0.152. The highest BCUT2D eigenvalue weighted by molar-refractivity contribution is 7.89. The lowest BCUT2D eigenvalue weighted by Gasteiger charge is -2.33. The smallest absolute Gasteiger partial charge is 0.310 e. The van der Waals surface area contributed by atoms with Gasteiger partial charge in [-0.1, -0.05) is 0 Å². The van der Waals surface area contributed by atoms with Crippen LogP contribution in [-0.4, -0.2) is 72.1 Å². The fraction of sp³-hybridized carbons (Fsp3) is 0.450. The van der Waals surface area contributed by atoms with E-state index in [1.54, 1.807) is 18.7 Å². The van der Waals surface area contributed by atoms with Crippen molar-refractivity contribution < 1.29 is 27.1 Å². The molecule has 0 atom stereocenters. The molecular weight excluding hydrogens is 427 g/mol. The summed E-state index contributed by atoms with van der Waals surface area (Å²) in [5.41, 5.74) is 2.38. The van der Waals surface area contributed by atoms with E-state index in [-0.39, 0.29) is 43.4 Å². The normalized spacial score (nSPS) is 15.2. The number of esters is 1. The molecule has 0 aliphatic carbocycles. The van der Waals surface area contributed by atoms with Gasteiger partial charge in [-0.2, -0.15) is 9.40 Å². The van der Waals surface area contributed by atoms with Crippen molar-refractivity contribution in [2.24, 2.45) is 7.05 Å². The standard InChI is InChI=1S/C20H25FN4O5S/c1-14-18(15(2)23(3)22-14)12-20(27)30-13-19(26)24-8-10-25(11-9-24)31(28,29)17-6-4-16(21)5-7-17/h4-7H,8-13H2,1-3H3. The minimum Gasteiger partial charge on any atom is -0.455 e. The topological polar surface area (TPSA) is 102 Å². The molecule has 1 aliphatic rings. The van der Waals surface area contributed by atoms with Crippen molar-refractivity contribution in [1.82, 2.24) is 19.0 Å². The van der Waals surface area contributed by atoms with Gasteiger partial charge in [0.05, 0.1) is 17.0 Å². The second-order valence-electron chi connectivity index (χ2n) is 7.35. The summed E-state index contributed by atoms with van der Waals surface area (Å²) in [6, 6.07) is 4.62. The lowest BCUT2D eigenvalue weighted by atomic mass is 10.1. The van der Waals surface area contributed by atoms with Crippen LogP contribution in [0.1, 0.15) is 17.0 Å². The zero-order valence-electron chi connectivity index (χ0n) is 17.7. The number of benzene rings is 1. The molecule has 11 heteroatoms. The van der Waals surface area contributed by atoms with E-state index in [0.717, 1.165) is 29.1 Å². The molecular formula is C20H25FN4O5S. The molecule has 31 heavy (non-hydrogen) atoms. The Bertz CT molecular complexity index is 1070. The zero-order chi connectivity index (χ0) is 22.8. The highest BCUT2D eigenvalue weighted by Crippen LogP contribution is 2.18. The van der Waals surface area contributed by atoms with Gasteiger partial charge in [-0.25, -0.2) is 12.8 Å². The first-order valence-electron chi connectivity index (χ1n) is 9.78. The van der Waals surface area contributed by atoms with E-state index in [4.69, 9.17) is 4.74 Å². The van der Waals surface area contributed by atoms with Crippen LogP contribution >= 0.6 is 0 Å². The van der Waals surface area contributed by atoms with Crippen molar-refractivity contribution in [1.29, 1.82) is 0 Å². The van der Waals surface area contributed by atoms with Gasteiger partial charge in [-0.15, -0.1) is 0 Å². The highest BCUT2D eigenvalue weighted by Gasteiger charge is 2.30. The van der Waals surface area contributed by atoms with Crippen LogP contribution in [-0.2, 0) is 37.8 Å². The summed E-state index contributed by atoms with van der Waals surface area (Å²) in [6.07, 6.45) is 0.0302. The van der Waals surface area contributed by atoms with E-state index in [0.29, 0.717) is 0 Å². The molecule has 2 aromatic rings. The van der Waals surface area contributed by atoms with Gasteiger partial charge >= 0.3 is 5.97 Å². The van der Waals surface area contributed by atoms with Crippen molar-refractivity contribution in [2.75, 3.05) is 32.8 Å². The van der Waals surface area contributed by atoms with Crippen LogP contribution in [0.5, 0.6) is 0 Å². The summed E-state index contributed by atoms with van der Waals surface area (Å²) in [6.45, 7) is 3.82. The van der Waals surface area contributed by atoms with Gasteiger partial charge in [-0.3, -0.25) is 14.3 Å². The molecule has 0 bridgehead atoms. The summed E-state index contributed by atoms with van der Waals surface area (Å²) < 4.78 is 46.4. The van der Waals surface area contributed by atoms with Crippen molar-refractivity contribution >= 4 is 21.9 Å². The van der Waals surface area contributed by atoms with Gasteiger partial charge in [0.2, 0.25) is 10.0 Å². The molecule has 9 nitrogen and oxygen atoms in total. The van der Waals surface area contributed by atoms with Crippen LogP contribution in [0.4, 0.5) is 4.39 Å². The summed E-state index contributed by atoms with van der Waals surface area (Å²) in [7, 11) is -1.97. The molecule has 1 amide bonds. The SMILES string of the molecule is Cc1nn(C)c(C)c1CC(=O)OCC(=O)N1CCN(S(=O)(=O)c2ccc(F)cc2)CC1. The Labute approximate surface area is 180 Å². The monoisotopic (exact) mass is 452 g/mol. The van der Waals surface area contributed by atoms with Gasteiger partial charge in [0.1, 0.15) is 5.82 Å². The van der Waals surface area contributed by atoms with Gasteiger partial charge in [0, 0.05) is 44.5 Å². The molecule has 1 aromatic carbocycles. The van der Waals surface area contributed by atoms with Crippen LogP contribution in [0.25, 0.3) is 0 Å². The molecule has 0 spiro atoms. The second-order valence-corrected chi connectivity index (χ2v) is 9.29. The molecule has 1 saturated heterocycles. The maximum atomic E-state index is 13.1. The average molecular weight is 453 g/mol. The average Bonchev–Trinajstić information content (AvgIpc) is 2.98. The number of piperazine rings is 1. The predicted molar refractivity (Wildman–Crippen MR) is 109 cm³/mol. The van der Waals surface area contributed by atoms with Crippen LogP contribution < -0.4 is 0 Å². The Morgan fingerprint density at radius 3 is 2.26 bits per heavy atom. The van der Waals surface area contributed by atoms with E-state index in [1.165, 1.54) is 21.3 Å². The van der Waals surface area contributed by atoms with E-state index < -0.39 is 28.4 Å². The summed E-state index contributed by atoms with van der Waals surface area (Å²) in [4.78, 5) is 26.0. The van der Waals surface area contributed by atoms with Gasteiger partial charge in [-0.05, 0) is 38.1 Å². The molecule has 168 valence electrons. The third kappa shape index (κ3) is 5.10. The first kappa shape index (κ1) is 22.9. The van der Waals surface area contributed by atoms with Crippen LogP contribution in [0, 0.1) is 19.7 Å². The number of carbonyl (C=O) groups excluding carboxylic acids is 2. The molecule has 1 aliphatic heterocycles. The number of hydrogen-bond acceptors (Lipinski definition) is 6. The van der Waals surface area contributed by atoms with Crippen molar-refractivity contribution in [3.05, 3.63) is 47.0 Å². The minimum absolute atomic E-state index is 0.00333. The number of sulfonamides is 1. The van der Waals surface area contributed by atoms with Crippen molar-refractivity contribution in [3.63, 3.8) is 0 Å². The van der Waals surface area contributed by atoms with Gasteiger partial charge in [0.25, 0.3) is 5.91 Å². The van der Waals surface area contributed by atoms with E-state index in [2.05, 4.69) is 5.10 Å². The predicted octanol–water partition coefficient (Wildman–Crippen LogP) is 0.795. The molecule has 0 unspecified atom stereocenters. The van der Waals surface area contributed by atoms with E-state index in [9.17, 15) is 22.4 Å². The maximum absolute atomic E-state index is 13.1. The van der Waals surface area contributed by atoms with Gasteiger partial charge in [0.15, 0.2) is 6.61 Å². The molecule has 3 rings (SSSR count). The van der Waals surface area contributed by atoms with Crippen molar-refractivity contribution in [3.8, 4) is 0 Å². The Morgan fingerprint density at radius 1 is 1.10 bits per heavy atom. The Morgan fingerprint density at radius 2 is 1.71 bits per heavy atom. The number of carbonyl (C=O) groups is 2. The van der Waals surface area contributed by atoms with E-state index >= 15 is 0 Å². The Kier molecular flexibility index (Phi) is 6.75. The van der Waals surface area contributed by atoms with Crippen LogP contribution in [0.2, 0.25) is 0 Å². The zero-order valence-corrected chi connectivity index (χ0v) is 18.5. The first-order chi connectivity index (χ1) is 14.6. The van der Waals surface area contributed by atoms with E-state index in [1.807, 2.05) is 6.92 Å². The van der Waals surface area contributed by atoms with Crippen molar-refractivity contribution in [2.45, 2.75) is 25.2 Å². The number of aryl methyl sites for hydroxylation is 2. The summed E-state index contributed by atoms with van der Waals surface area (Å²) >= 11 is 0. The number of hydrogen-bond donors (Lipinski definition) is 0. The maximum Gasteiger partial charge on any atom is 0.310 e. The van der Waals surface area contributed by atoms with Crippen LogP contribution in [0.3, 0.4) is 0 Å².